The Balaban J connectivity index is 2.41. The lowest BCUT2D eigenvalue weighted by atomic mass is 10.1. The summed E-state index contributed by atoms with van der Waals surface area (Å²) in [4.78, 5) is 23.4. The van der Waals surface area contributed by atoms with Crippen molar-refractivity contribution in [2.75, 3.05) is 6.61 Å². The van der Waals surface area contributed by atoms with Crippen LogP contribution in [0.1, 0.15) is 36.5 Å². The number of aliphatic hydroxyl groups excluding tert-OH is 1. The maximum absolute atomic E-state index is 11.8. The average Bonchev–Trinajstić information content (AvgIpc) is 2.43. The molecule has 0 spiro atoms. The molecule has 2 N–H and O–H groups in total. The van der Waals surface area contributed by atoms with Crippen molar-refractivity contribution in [3.8, 4) is 0 Å². The van der Waals surface area contributed by atoms with Crippen LogP contribution in [0.25, 0.3) is 0 Å². The summed E-state index contributed by atoms with van der Waals surface area (Å²) >= 11 is 5.73. The summed E-state index contributed by atoms with van der Waals surface area (Å²) in [5.41, 5.74) is 0.548. The molecule has 1 unspecified atom stereocenters. The molecule has 0 saturated heterocycles. The van der Waals surface area contributed by atoms with Gasteiger partial charge in [0.1, 0.15) is 0 Å². The summed E-state index contributed by atoms with van der Waals surface area (Å²) in [7, 11) is 0. The predicted octanol–water partition coefficient (Wildman–Crippen LogP) is 2.19. The Morgan fingerprint density at radius 3 is 2.42 bits per heavy atom. The van der Waals surface area contributed by atoms with Crippen LogP contribution in [0.2, 0.25) is 5.02 Å². The molecule has 1 rings (SSSR count). The number of carbonyl (C=O) groups is 2. The van der Waals surface area contributed by atoms with Crippen molar-refractivity contribution < 1.29 is 14.7 Å². The number of Topliss-reactive ketones (excluding diaryl/α,β-unsaturated/α-hetero) is 1. The maximum Gasteiger partial charge on any atom is 0.220 e. The van der Waals surface area contributed by atoms with Gasteiger partial charge in [0, 0.05) is 23.4 Å². The molecule has 4 nitrogen and oxygen atoms in total. The van der Waals surface area contributed by atoms with E-state index in [1.807, 2.05) is 6.92 Å². The lowest BCUT2D eigenvalue weighted by molar-refractivity contribution is -0.122. The Hall–Kier alpha value is -1.39. The summed E-state index contributed by atoms with van der Waals surface area (Å²) in [5.74, 6) is -0.313. The molecule has 1 atom stereocenters. The summed E-state index contributed by atoms with van der Waals surface area (Å²) < 4.78 is 0. The second-order valence-electron chi connectivity index (χ2n) is 4.29. The summed E-state index contributed by atoms with van der Waals surface area (Å²) in [6.45, 7) is 1.79. The Morgan fingerprint density at radius 2 is 1.89 bits per heavy atom. The standard InChI is InChI=1S/C14H18ClNO3/c1-2-12(9-17)16-14(19)8-7-13(18)10-3-5-11(15)6-4-10/h3-6,12,17H,2,7-9H2,1H3,(H,16,19). The Labute approximate surface area is 117 Å². The fourth-order valence-corrected chi connectivity index (χ4v) is 1.71. The fourth-order valence-electron chi connectivity index (χ4n) is 1.58. The third kappa shape index (κ3) is 5.41. The van der Waals surface area contributed by atoms with Gasteiger partial charge in [-0.2, -0.15) is 0 Å². The van der Waals surface area contributed by atoms with Crippen LogP contribution in [0.5, 0.6) is 0 Å². The van der Waals surface area contributed by atoms with Crippen LogP contribution in [0.3, 0.4) is 0 Å². The molecule has 0 radical (unpaired) electrons. The number of amides is 1. The molecular weight excluding hydrogens is 266 g/mol. The third-order valence-electron chi connectivity index (χ3n) is 2.82. The number of carbonyl (C=O) groups excluding carboxylic acids is 2. The molecule has 0 fully saturated rings. The van der Waals surface area contributed by atoms with Crippen LogP contribution >= 0.6 is 11.6 Å². The van der Waals surface area contributed by atoms with Crippen molar-refractivity contribution in [1.82, 2.24) is 5.32 Å². The Morgan fingerprint density at radius 1 is 1.26 bits per heavy atom. The number of halogens is 1. The fraction of sp³-hybridized carbons (Fsp3) is 0.429. The first-order valence-corrected chi connectivity index (χ1v) is 6.63. The molecule has 5 heteroatoms. The van der Waals surface area contributed by atoms with Crippen molar-refractivity contribution in [2.24, 2.45) is 0 Å². The van der Waals surface area contributed by atoms with E-state index >= 15 is 0 Å². The summed E-state index contributed by atoms with van der Waals surface area (Å²) in [5, 5.41) is 12.2. The van der Waals surface area contributed by atoms with Crippen molar-refractivity contribution in [1.29, 1.82) is 0 Å². The van der Waals surface area contributed by atoms with Gasteiger partial charge in [0.15, 0.2) is 5.78 Å². The average molecular weight is 284 g/mol. The summed E-state index contributed by atoms with van der Waals surface area (Å²) in [6.07, 6.45) is 0.931. The lowest BCUT2D eigenvalue weighted by Gasteiger charge is -2.13. The molecule has 1 aromatic carbocycles. The van der Waals surface area contributed by atoms with Crippen LogP contribution in [0.15, 0.2) is 24.3 Å². The number of hydrogen-bond acceptors (Lipinski definition) is 3. The molecule has 1 amide bonds. The first-order valence-electron chi connectivity index (χ1n) is 6.25. The Bertz CT molecular complexity index is 427. The van der Waals surface area contributed by atoms with Crippen LogP contribution in [0, 0.1) is 0 Å². The molecule has 1 aromatic rings. The highest BCUT2D eigenvalue weighted by atomic mass is 35.5. The molecule has 0 aliphatic heterocycles. The van der Waals surface area contributed by atoms with E-state index in [4.69, 9.17) is 16.7 Å². The van der Waals surface area contributed by atoms with Gasteiger partial charge >= 0.3 is 0 Å². The molecule has 0 heterocycles. The monoisotopic (exact) mass is 283 g/mol. The van der Waals surface area contributed by atoms with Crippen LogP contribution in [0.4, 0.5) is 0 Å². The molecule has 0 aliphatic rings. The van der Waals surface area contributed by atoms with Gasteiger partial charge in [-0.3, -0.25) is 9.59 Å². The van der Waals surface area contributed by atoms with E-state index in [1.165, 1.54) is 0 Å². The van der Waals surface area contributed by atoms with E-state index in [0.717, 1.165) is 0 Å². The van der Waals surface area contributed by atoms with Gasteiger partial charge in [0.2, 0.25) is 5.91 Å². The highest BCUT2D eigenvalue weighted by Crippen LogP contribution is 2.11. The van der Waals surface area contributed by atoms with Crippen molar-refractivity contribution in [3.63, 3.8) is 0 Å². The number of aliphatic hydroxyl groups is 1. The molecule has 0 bridgehead atoms. The van der Waals surface area contributed by atoms with Crippen LogP contribution < -0.4 is 5.32 Å². The van der Waals surface area contributed by atoms with Gasteiger partial charge in [0.05, 0.1) is 12.6 Å². The van der Waals surface area contributed by atoms with E-state index < -0.39 is 0 Å². The van der Waals surface area contributed by atoms with Gasteiger partial charge < -0.3 is 10.4 Å². The van der Waals surface area contributed by atoms with Gasteiger partial charge in [-0.1, -0.05) is 18.5 Å². The number of rotatable bonds is 7. The van der Waals surface area contributed by atoms with Crippen LogP contribution in [-0.4, -0.2) is 29.4 Å². The highest BCUT2D eigenvalue weighted by molar-refractivity contribution is 6.30. The molecule has 19 heavy (non-hydrogen) atoms. The molecule has 104 valence electrons. The third-order valence-corrected chi connectivity index (χ3v) is 3.08. The SMILES string of the molecule is CCC(CO)NC(=O)CCC(=O)c1ccc(Cl)cc1. The maximum atomic E-state index is 11.8. The van der Waals surface area contributed by atoms with Crippen molar-refractivity contribution in [2.45, 2.75) is 32.2 Å². The van der Waals surface area contributed by atoms with Gasteiger partial charge in [-0.15, -0.1) is 0 Å². The van der Waals surface area contributed by atoms with E-state index in [9.17, 15) is 9.59 Å². The van der Waals surface area contributed by atoms with E-state index in [1.54, 1.807) is 24.3 Å². The topological polar surface area (TPSA) is 66.4 Å². The number of hydrogen-bond donors (Lipinski definition) is 2. The molecular formula is C14H18ClNO3. The lowest BCUT2D eigenvalue weighted by Crippen LogP contribution is -2.37. The molecule has 0 aromatic heterocycles. The Kier molecular flexibility index (Phi) is 6.53. The number of benzene rings is 1. The minimum atomic E-state index is -0.238. The highest BCUT2D eigenvalue weighted by Gasteiger charge is 2.12. The van der Waals surface area contributed by atoms with Gasteiger partial charge in [-0.25, -0.2) is 0 Å². The molecule has 0 aliphatic carbocycles. The largest absolute Gasteiger partial charge is 0.394 e. The minimum Gasteiger partial charge on any atom is -0.394 e. The zero-order valence-electron chi connectivity index (χ0n) is 10.9. The number of nitrogens with one attached hydrogen (secondary N) is 1. The minimum absolute atomic E-state index is 0.0899. The summed E-state index contributed by atoms with van der Waals surface area (Å²) in [6, 6.07) is 6.34. The quantitative estimate of drug-likeness (QED) is 0.754. The second kappa shape index (κ2) is 7.92. The van der Waals surface area contributed by atoms with E-state index in [-0.39, 0.29) is 37.2 Å². The smallest absolute Gasteiger partial charge is 0.220 e. The first kappa shape index (κ1) is 15.7. The predicted molar refractivity (Wildman–Crippen MR) is 74.3 cm³/mol. The van der Waals surface area contributed by atoms with Gasteiger partial charge in [0.25, 0.3) is 0 Å². The molecule has 0 saturated carbocycles. The zero-order valence-corrected chi connectivity index (χ0v) is 11.6. The van der Waals surface area contributed by atoms with E-state index in [2.05, 4.69) is 5.32 Å². The van der Waals surface area contributed by atoms with E-state index in [0.29, 0.717) is 17.0 Å². The van der Waals surface area contributed by atoms with Crippen LogP contribution in [-0.2, 0) is 4.79 Å². The zero-order chi connectivity index (χ0) is 14.3. The normalized spacial score (nSPS) is 11.9. The second-order valence-corrected chi connectivity index (χ2v) is 4.72. The van der Waals surface area contributed by atoms with Crippen molar-refractivity contribution >= 4 is 23.3 Å². The number of ketones is 1. The first-order chi connectivity index (χ1) is 9.06. The van der Waals surface area contributed by atoms with Gasteiger partial charge in [-0.05, 0) is 30.7 Å². The van der Waals surface area contributed by atoms with Crippen molar-refractivity contribution in [3.05, 3.63) is 34.9 Å².